The first-order chi connectivity index (χ1) is 9.60. The lowest BCUT2D eigenvalue weighted by Crippen LogP contribution is -2.47. The van der Waals surface area contributed by atoms with Crippen LogP contribution in [0.4, 0.5) is 0 Å². The lowest BCUT2D eigenvalue weighted by molar-refractivity contribution is 0.0898. The van der Waals surface area contributed by atoms with E-state index in [1.165, 1.54) is 0 Å². The average molecular weight is 276 g/mol. The monoisotopic (exact) mass is 276 g/mol. The smallest absolute Gasteiger partial charge is 0.272 e. The van der Waals surface area contributed by atoms with E-state index in [1.54, 1.807) is 4.68 Å². The van der Waals surface area contributed by atoms with Gasteiger partial charge in [0, 0.05) is 31.9 Å². The second-order valence-electron chi connectivity index (χ2n) is 5.49. The van der Waals surface area contributed by atoms with Crippen LogP contribution in [0.3, 0.4) is 0 Å². The van der Waals surface area contributed by atoms with E-state index in [1.807, 2.05) is 26.1 Å². The number of nitrogens with one attached hydrogen (secondary N) is 1. The Morgan fingerprint density at radius 1 is 1.65 bits per heavy atom. The molecule has 1 atom stereocenters. The number of likely N-dealkylation sites (tertiary alicyclic amines) is 1. The van der Waals surface area contributed by atoms with E-state index in [-0.39, 0.29) is 11.9 Å². The lowest BCUT2D eigenvalue weighted by atomic mass is 10.1. The fourth-order valence-electron chi connectivity index (χ4n) is 2.58. The van der Waals surface area contributed by atoms with Gasteiger partial charge in [0.15, 0.2) is 0 Å². The first-order valence-electron chi connectivity index (χ1n) is 7.25. The fourth-order valence-corrected chi connectivity index (χ4v) is 2.58. The zero-order chi connectivity index (χ0) is 14.5. The molecule has 0 aliphatic carbocycles. The van der Waals surface area contributed by atoms with Crippen LogP contribution in [0.25, 0.3) is 0 Å². The number of piperidine rings is 1. The number of aryl methyl sites for hydroxylation is 2. The number of hydrogen-bond acceptors (Lipinski definition) is 3. The van der Waals surface area contributed by atoms with Crippen molar-refractivity contribution in [3.05, 3.63) is 30.1 Å². The van der Waals surface area contributed by atoms with Crippen LogP contribution in [0.1, 0.15) is 35.4 Å². The van der Waals surface area contributed by atoms with Crippen LogP contribution in [0.15, 0.2) is 18.7 Å². The Morgan fingerprint density at radius 3 is 3.10 bits per heavy atom. The van der Waals surface area contributed by atoms with E-state index < -0.39 is 0 Å². The zero-order valence-electron chi connectivity index (χ0n) is 12.4. The summed E-state index contributed by atoms with van der Waals surface area (Å²) >= 11 is 0. The third-order valence-electron chi connectivity index (χ3n) is 3.84. The molecule has 0 saturated carbocycles. The summed E-state index contributed by atoms with van der Waals surface area (Å²) in [5.74, 6) is -0.0655. The van der Waals surface area contributed by atoms with Crippen molar-refractivity contribution in [2.24, 2.45) is 7.05 Å². The van der Waals surface area contributed by atoms with Gasteiger partial charge in [-0.25, -0.2) is 0 Å². The number of nitrogens with zero attached hydrogens (tertiary/aromatic N) is 3. The molecule has 110 valence electrons. The maximum absolute atomic E-state index is 12.2. The topological polar surface area (TPSA) is 50.2 Å². The summed E-state index contributed by atoms with van der Waals surface area (Å²) < 4.78 is 1.73. The van der Waals surface area contributed by atoms with Gasteiger partial charge in [0.05, 0.1) is 0 Å². The summed E-state index contributed by atoms with van der Waals surface area (Å²) in [6.45, 7) is 8.76. The predicted molar refractivity (Wildman–Crippen MR) is 79.7 cm³/mol. The van der Waals surface area contributed by atoms with Crippen LogP contribution < -0.4 is 5.32 Å². The Morgan fingerprint density at radius 2 is 2.45 bits per heavy atom. The molecule has 1 aromatic heterocycles. The van der Waals surface area contributed by atoms with Crippen LogP contribution in [0.5, 0.6) is 0 Å². The van der Waals surface area contributed by atoms with Gasteiger partial charge in [0.2, 0.25) is 0 Å². The highest BCUT2D eigenvalue weighted by Crippen LogP contribution is 2.11. The largest absolute Gasteiger partial charge is 0.347 e. The number of aromatic nitrogens is 2. The number of carbonyl (C=O) groups excluding carboxylic acids is 1. The van der Waals surface area contributed by atoms with Crippen molar-refractivity contribution >= 4 is 5.91 Å². The van der Waals surface area contributed by atoms with Gasteiger partial charge in [-0.05, 0) is 38.8 Å². The maximum Gasteiger partial charge on any atom is 0.272 e. The second-order valence-corrected chi connectivity index (χ2v) is 5.49. The molecule has 2 heterocycles. The van der Waals surface area contributed by atoms with Crippen LogP contribution in [0, 0.1) is 6.92 Å². The Bertz CT molecular complexity index is 461. The minimum absolute atomic E-state index is 0.0655. The van der Waals surface area contributed by atoms with Gasteiger partial charge in [0.25, 0.3) is 5.91 Å². The first-order valence-corrected chi connectivity index (χ1v) is 7.25. The third kappa shape index (κ3) is 3.70. The molecular formula is C15H24N4O. The highest BCUT2D eigenvalue weighted by atomic mass is 16.2. The van der Waals surface area contributed by atoms with Crippen molar-refractivity contribution in [2.45, 2.75) is 32.2 Å². The van der Waals surface area contributed by atoms with Crippen molar-refractivity contribution in [2.75, 3.05) is 19.6 Å². The molecule has 0 spiro atoms. The molecule has 0 radical (unpaired) electrons. The standard InChI is InChI=1S/C15H24N4O/c1-4-5-8-19-9-6-7-13(11-19)16-15(20)14-10-12(2)18(3)17-14/h4,10,13H,1,5-9,11H2,2-3H3,(H,16,20). The summed E-state index contributed by atoms with van der Waals surface area (Å²) in [6.07, 6.45) is 5.12. The Kier molecular flexibility index (Phi) is 4.95. The van der Waals surface area contributed by atoms with E-state index in [9.17, 15) is 4.79 Å². The molecule has 1 amide bonds. The normalized spacial score (nSPS) is 19.8. The molecule has 1 aliphatic heterocycles. The van der Waals surface area contributed by atoms with Gasteiger partial charge in [-0.3, -0.25) is 9.48 Å². The third-order valence-corrected chi connectivity index (χ3v) is 3.84. The first kappa shape index (κ1) is 14.8. The summed E-state index contributed by atoms with van der Waals surface area (Å²) in [5, 5.41) is 7.32. The highest BCUT2D eigenvalue weighted by Gasteiger charge is 2.22. The summed E-state index contributed by atoms with van der Waals surface area (Å²) in [7, 11) is 1.85. The quantitative estimate of drug-likeness (QED) is 0.829. The van der Waals surface area contributed by atoms with E-state index in [2.05, 4.69) is 21.9 Å². The van der Waals surface area contributed by atoms with E-state index in [0.717, 1.165) is 44.6 Å². The van der Waals surface area contributed by atoms with Gasteiger partial charge < -0.3 is 10.2 Å². The van der Waals surface area contributed by atoms with Crippen LogP contribution in [-0.2, 0) is 7.05 Å². The summed E-state index contributed by atoms with van der Waals surface area (Å²) in [6, 6.07) is 2.05. The van der Waals surface area contributed by atoms with Crippen LogP contribution >= 0.6 is 0 Å². The van der Waals surface area contributed by atoms with Crippen molar-refractivity contribution in [1.82, 2.24) is 20.0 Å². The molecular weight excluding hydrogens is 252 g/mol. The van der Waals surface area contributed by atoms with Crippen LogP contribution in [-0.4, -0.2) is 46.3 Å². The molecule has 2 rings (SSSR count). The average Bonchev–Trinajstić information content (AvgIpc) is 2.77. The SMILES string of the molecule is C=CCCN1CCCC(NC(=O)c2cc(C)n(C)n2)C1. The van der Waals surface area contributed by atoms with Crippen molar-refractivity contribution in [3.8, 4) is 0 Å². The molecule has 1 aromatic rings. The second kappa shape index (κ2) is 6.70. The van der Waals surface area contributed by atoms with Gasteiger partial charge in [-0.2, -0.15) is 5.10 Å². The van der Waals surface area contributed by atoms with Crippen LogP contribution in [0.2, 0.25) is 0 Å². The number of rotatable bonds is 5. The Hall–Kier alpha value is -1.62. The highest BCUT2D eigenvalue weighted by molar-refractivity contribution is 5.92. The van der Waals surface area contributed by atoms with E-state index in [0.29, 0.717) is 5.69 Å². The van der Waals surface area contributed by atoms with Crippen molar-refractivity contribution in [1.29, 1.82) is 0 Å². The van der Waals surface area contributed by atoms with Crippen molar-refractivity contribution < 1.29 is 4.79 Å². The maximum atomic E-state index is 12.2. The molecule has 5 nitrogen and oxygen atoms in total. The molecule has 1 fully saturated rings. The lowest BCUT2D eigenvalue weighted by Gasteiger charge is -2.32. The predicted octanol–water partition coefficient (Wildman–Crippen LogP) is 1.50. The van der Waals surface area contributed by atoms with Gasteiger partial charge in [-0.1, -0.05) is 6.08 Å². The van der Waals surface area contributed by atoms with E-state index >= 15 is 0 Å². The molecule has 0 aromatic carbocycles. The van der Waals surface area contributed by atoms with Crippen molar-refractivity contribution in [3.63, 3.8) is 0 Å². The zero-order valence-corrected chi connectivity index (χ0v) is 12.4. The summed E-state index contributed by atoms with van der Waals surface area (Å²) in [5.41, 5.74) is 1.50. The molecule has 5 heteroatoms. The van der Waals surface area contributed by atoms with E-state index in [4.69, 9.17) is 0 Å². The van der Waals surface area contributed by atoms with Gasteiger partial charge in [0.1, 0.15) is 5.69 Å². The molecule has 1 saturated heterocycles. The Balaban J connectivity index is 1.88. The number of carbonyl (C=O) groups is 1. The molecule has 0 bridgehead atoms. The molecule has 1 N–H and O–H groups in total. The molecule has 1 aliphatic rings. The molecule has 1 unspecified atom stereocenters. The number of amides is 1. The molecule has 20 heavy (non-hydrogen) atoms. The fraction of sp³-hybridized carbons (Fsp3) is 0.600. The minimum atomic E-state index is -0.0655. The Labute approximate surface area is 120 Å². The van der Waals surface area contributed by atoms with Gasteiger partial charge >= 0.3 is 0 Å². The minimum Gasteiger partial charge on any atom is -0.347 e. The summed E-state index contributed by atoms with van der Waals surface area (Å²) in [4.78, 5) is 14.6. The number of hydrogen-bond donors (Lipinski definition) is 1. The van der Waals surface area contributed by atoms with Gasteiger partial charge in [-0.15, -0.1) is 6.58 Å².